The highest BCUT2D eigenvalue weighted by Crippen LogP contribution is 2.42. The Labute approximate surface area is 96.2 Å². The van der Waals surface area contributed by atoms with E-state index in [9.17, 15) is 0 Å². The van der Waals surface area contributed by atoms with Gasteiger partial charge in [0.15, 0.2) is 0 Å². The molecule has 1 heterocycles. The lowest BCUT2D eigenvalue weighted by atomic mass is 9.64. The van der Waals surface area contributed by atoms with Crippen LogP contribution in [0.4, 0.5) is 0 Å². The Hall–Kier alpha value is -0.940. The van der Waals surface area contributed by atoms with Gasteiger partial charge in [-0.25, -0.2) is 0 Å². The summed E-state index contributed by atoms with van der Waals surface area (Å²) < 4.78 is 7.36. The minimum atomic E-state index is 0.202. The first-order valence-corrected chi connectivity index (χ1v) is 5.64. The van der Waals surface area contributed by atoms with Crippen molar-refractivity contribution in [1.29, 1.82) is 0 Å². The second-order valence-electron chi connectivity index (χ2n) is 5.07. The fraction of sp³-hybridized carbons (Fsp3) is 0.818. The number of methoxy groups -OCH3 is 1. The van der Waals surface area contributed by atoms with Crippen molar-refractivity contribution in [3.63, 3.8) is 0 Å². The Morgan fingerprint density at radius 1 is 1.62 bits per heavy atom. The summed E-state index contributed by atoms with van der Waals surface area (Å²) in [4.78, 5) is 0. The molecule has 0 aromatic carbocycles. The van der Waals surface area contributed by atoms with E-state index in [-0.39, 0.29) is 5.41 Å². The van der Waals surface area contributed by atoms with Gasteiger partial charge in [0, 0.05) is 25.6 Å². The van der Waals surface area contributed by atoms with E-state index in [2.05, 4.69) is 29.4 Å². The van der Waals surface area contributed by atoms with Gasteiger partial charge in [-0.1, -0.05) is 13.8 Å². The zero-order valence-corrected chi connectivity index (χ0v) is 10.4. The second-order valence-corrected chi connectivity index (χ2v) is 5.07. The van der Waals surface area contributed by atoms with Crippen molar-refractivity contribution in [1.82, 2.24) is 20.1 Å². The Morgan fingerprint density at radius 2 is 2.38 bits per heavy atom. The molecule has 1 N–H and O–H groups in total. The van der Waals surface area contributed by atoms with Gasteiger partial charge in [0.05, 0.1) is 12.6 Å². The summed E-state index contributed by atoms with van der Waals surface area (Å²) in [6, 6.07) is 0.495. The van der Waals surface area contributed by atoms with Crippen molar-refractivity contribution in [3.05, 3.63) is 12.2 Å². The lowest BCUT2D eigenvalue weighted by Crippen LogP contribution is -2.60. The Bertz CT molecular complexity index is 361. The summed E-state index contributed by atoms with van der Waals surface area (Å²) in [6.45, 7) is 5.24. The fourth-order valence-corrected chi connectivity index (χ4v) is 2.31. The Kier molecular flexibility index (Phi) is 2.99. The van der Waals surface area contributed by atoms with Gasteiger partial charge < -0.3 is 14.6 Å². The number of aromatic nitrogens is 3. The first kappa shape index (κ1) is 11.5. The van der Waals surface area contributed by atoms with Crippen molar-refractivity contribution in [2.45, 2.75) is 39.0 Å². The lowest BCUT2D eigenvalue weighted by molar-refractivity contribution is -0.0980. The van der Waals surface area contributed by atoms with Gasteiger partial charge in [0.25, 0.3) is 0 Å². The van der Waals surface area contributed by atoms with E-state index >= 15 is 0 Å². The minimum absolute atomic E-state index is 0.202. The Morgan fingerprint density at radius 3 is 2.88 bits per heavy atom. The van der Waals surface area contributed by atoms with Crippen molar-refractivity contribution in [2.75, 3.05) is 7.11 Å². The maximum Gasteiger partial charge on any atom is 0.146 e. The molecule has 0 aliphatic heterocycles. The van der Waals surface area contributed by atoms with Crippen LogP contribution >= 0.6 is 0 Å². The fourth-order valence-electron chi connectivity index (χ4n) is 2.31. The van der Waals surface area contributed by atoms with Crippen LogP contribution in [-0.4, -0.2) is 34.0 Å². The Balaban J connectivity index is 1.87. The molecule has 0 radical (unpaired) electrons. The maximum absolute atomic E-state index is 5.42. The number of nitrogens with zero attached hydrogens (tertiary/aromatic N) is 3. The molecule has 1 fully saturated rings. The standard InChI is InChI=1S/C11H20N4O/c1-11(2)8(5-9(11)16-4)12-6-10-14-13-7-15(10)3/h7-9,12H,5-6H2,1-4H3. The molecule has 90 valence electrons. The number of nitrogens with one attached hydrogen (secondary N) is 1. The van der Waals surface area contributed by atoms with Crippen LogP contribution in [0.2, 0.25) is 0 Å². The molecule has 1 saturated carbocycles. The molecule has 16 heavy (non-hydrogen) atoms. The van der Waals surface area contributed by atoms with E-state index in [0.29, 0.717) is 12.1 Å². The van der Waals surface area contributed by atoms with Gasteiger partial charge in [-0.15, -0.1) is 10.2 Å². The molecule has 1 aromatic heterocycles. The molecule has 0 amide bonds. The van der Waals surface area contributed by atoms with Crippen LogP contribution < -0.4 is 5.32 Å². The van der Waals surface area contributed by atoms with Crippen LogP contribution in [0, 0.1) is 5.41 Å². The van der Waals surface area contributed by atoms with Gasteiger partial charge in [-0.3, -0.25) is 0 Å². The van der Waals surface area contributed by atoms with Crippen molar-refractivity contribution >= 4 is 0 Å². The van der Waals surface area contributed by atoms with E-state index in [1.165, 1.54) is 0 Å². The number of aryl methyl sites for hydroxylation is 1. The van der Waals surface area contributed by atoms with E-state index in [4.69, 9.17) is 4.74 Å². The van der Waals surface area contributed by atoms with Crippen molar-refractivity contribution < 1.29 is 4.74 Å². The number of ether oxygens (including phenoxy) is 1. The monoisotopic (exact) mass is 224 g/mol. The average Bonchev–Trinajstić information content (AvgIpc) is 2.63. The van der Waals surface area contributed by atoms with Crippen LogP contribution in [0.25, 0.3) is 0 Å². The second kappa shape index (κ2) is 4.14. The van der Waals surface area contributed by atoms with Crippen LogP contribution in [0.3, 0.4) is 0 Å². The first-order valence-electron chi connectivity index (χ1n) is 5.64. The predicted octanol–water partition coefficient (Wildman–Crippen LogP) is 0.718. The topological polar surface area (TPSA) is 52.0 Å². The molecule has 5 nitrogen and oxygen atoms in total. The van der Waals surface area contributed by atoms with Gasteiger partial charge in [0.1, 0.15) is 12.2 Å². The highest BCUT2D eigenvalue weighted by Gasteiger charge is 2.48. The maximum atomic E-state index is 5.42. The zero-order chi connectivity index (χ0) is 11.8. The quantitative estimate of drug-likeness (QED) is 0.818. The molecule has 2 atom stereocenters. The molecule has 1 aliphatic carbocycles. The molecule has 1 aromatic rings. The summed E-state index contributed by atoms with van der Waals surface area (Å²) in [5.41, 5.74) is 0.202. The van der Waals surface area contributed by atoms with Gasteiger partial charge in [0.2, 0.25) is 0 Å². The number of rotatable bonds is 4. The summed E-state index contributed by atoms with van der Waals surface area (Å²) in [5.74, 6) is 0.969. The lowest BCUT2D eigenvalue weighted by Gasteiger charge is -2.51. The van der Waals surface area contributed by atoms with E-state index in [0.717, 1.165) is 18.8 Å². The van der Waals surface area contributed by atoms with E-state index < -0.39 is 0 Å². The summed E-state index contributed by atoms with van der Waals surface area (Å²) in [7, 11) is 3.74. The zero-order valence-electron chi connectivity index (χ0n) is 10.4. The van der Waals surface area contributed by atoms with Crippen LogP contribution in [0.15, 0.2) is 6.33 Å². The van der Waals surface area contributed by atoms with Crippen molar-refractivity contribution in [3.8, 4) is 0 Å². The first-order chi connectivity index (χ1) is 7.55. The highest BCUT2D eigenvalue weighted by molar-refractivity contribution is 5.03. The SMILES string of the molecule is COC1CC(NCc2nncn2C)C1(C)C. The normalized spacial score (nSPS) is 27.8. The molecule has 1 aliphatic rings. The molecular formula is C11H20N4O. The molecule has 0 bridgehead atoms. The molecular weight excluding hydrogens is 204 g/mol. The largest absolute Gasteiger partial charge is 0.381 e. The van der Waals surface area contributed by atoms with Crippen LogP contribution in [0.5, 0.6) is 0 Å². The smallest absolute Gasteiger partial charge is 0.146 e. The van der Waals surface area contributed by atoms with Gasteiger partial charge in [-0.05, 0) is 6.42 Å². The molecule has 2 rings (SSSR count). The summed E-state index contributed by atoms with van der Waals surface area (Å²) >= 11 is 0. The average molecular weight is 224 g/mol. The molecule has 5 heteroatoms. The minimum Gasteiger partial charge on any atom is -0.381 e. The summed E-state index contributed by atoms with van der Waals surface area (Å²) in [6.07, 6.45) is 3.16. The third-order valence-corrected chi connectivity index (χ3v) is 3.77. The molecule has 0 spiro atoms. The van der Waals surface area contributed by atoms with E-state index in [1.807, 2.05) is 11.6 Å². The van der Waals surface area contributed by atoms with Crippen LogP contribution in [-0.2, 0) is 18.3 Å². The number of hydrogen-bond acceptors (Lipinski definition) is 4. The van der Waals surface area contributed by atoms with Crippen molar-refractivity contribution in [2.24, 2.45) is 12.5 Å². The van der Waals surface area contributed by atoms with Gasteiger partial charge >= 0.3 is 0 Å². The van der Waals surface area contributed by atoms with Gasteiger partial charge in [-0.2, -0.15) is 0 Å². The predicted molar refractivity (Wildman–Crippen MR) is 60.8 cm³/mol. The summed E-state index contributed by atoms with van der Waals surface area (Å²) in [5, 5.41) is 11.4. The molecule has 2 unspecified atom stereocenters. The number of hydrogen-bond donors (Lipinski definition) is 1. The third-order valence-electron chi connectivity index (χ3n) is 3.77. The molecule has 0 saturated heterocycles. The highest BCUT2D eigenvalue weighted by atomic mass is 16.5. The van der Waals surface area contributed by atoms with E-state index in [1.54, 1.807) is 13.4 Å². The third kappa shape index (κ3) is 1.85. The van der Waals surface area contributed by atoms with Crippen LogP contribution in [0.1, 0.15) is 26.1 Å².